The molecule has 0 bridgehead atoms. The van der Waals surface area contributed by atoms with Crippen molar-refractivity contribution in [1.29, 1.82) is 0 Å². The van der Waals surface area contributed by atoms with Crippen LogP contribution < -0.4 is 10.6 Å². The molecule has 0 spiro atoms. The predicted molar refractivity (Wildman–Crippen MR) is 123 cm³/mol. The molecule has 3 amide bonds. The van der Waals surface area contributed by atoms with Crippen molar-refractivity contribution in [3.63, 3.8) is 0 Å². The van der Waals surface area contributed by atoms with Crippen molar-refractivity contribution < 1.29 is 14.4 Å². The van der Waals surface area contributed by atoms with Gasteiger partial charge in [0.1, 0.15) is 17.0 Å². The second kappa shape index (κ2) is 9.44. The van der Waals surface area contributed by atoms with Gasteiger partial charge in [0.2, 0.25) is 11.8 Å². The molecule has 10 heteroatoms. The molecule has 3 heterocycles. The monoisotopic (exact) mass is 455 g/mol. The van der Waals surface area contributed by atoms with E-state index >= 15 is 0 Å². The van der Waals surface area contributed by atoms with Crippen LogP contribution in [0.5, 0.6) is 0 Å². The van der Waals surface area contributed by atoms with Gasteiger partial charge in [-0.1, -0.05) is 42.1 Å². The zero-order valence-corrected chi connectivity index (χ0v) is 18.5. The van der Waals surface area contributed by atoms with E-state index in [-0.39, 0.29) is 42.3 Å². The number of rotatable bonds is 8. The number of fused-ring (bicyclic) bond motifs is 1. The van der Waals surface area contributed by atoms with Crippen LogP contribution in [0.15, 0.2) is 36.7 Å². The van der Waals surface area contributed by atoms with Crippen molar-refractivity contribution in [3.05, 3.63) is 41.5 Å². The van der Waals surface area contributed by atoms with E-state index in [1.807, 2.05) is 18.2 Å². The van der Waals surface area contributed by atoms with E-state index in [2.05, 4.69) is 39.7 Å². The number of benzene rings is 1. The quantitative estimate of drug-likeness (QED) is 0.537. The minimum absolute atomic E-state index is 0.158. The number of thiophene rings is 1. The van der Waals surface area contributed by atoms with Crippen molar-refractivity contribution in [1.82, 2.24) is 20.2 Å². The molecule has 1 aliphatic rings. The van der Waals surface area contributed by atoms with Gasteiger partial charge < -0.3 is 10.6 Å². The average Bonchev–Trinajstić information content (AvgIpc) is 3.27. The lowest BCUT2D eigenvalue weighted by molar-refractivity contribution is -0.125. The minimum atomic E-state index is -0.256. The highest BCUT2D eigenvalue weighted by atomic mass is 32.2. The van der Waals surface area contributed by atoms with Gasteiger partial charge in [-0.25, -0.2) is 9.97 Å². The topological polar surface area (TPSA) is 104 Å². The molecule has 160 valence electrons. The summed E-state index contributed by atoms with van der Waals surface area (Å²) in [4.78, 5) is 47.3. The molecule has 0 radical (unpaired) electrons. The van der Waals surface area contributed by atoms with E-state index in [1.165, 1.54) is 11.2 Å². The normalized spacial score (nSPS) is 13.8. The molecule has 2 N–H and O–H groups in total. The molecule has 1 aliphatic heterocycles. The number of aryl methyl sites for hydroxylation is 1. The summed E-state index contributed by atoms with van der Waals surface area (Å²) in [6, 6.07) is 10.1. The highest BCUT2D eigenvalue weighted by Crippen LogP contribution is 2.40. The van der Waals surface area contributed by atoms with Crippen LogP contribution in [0.1, 0.15) is 11.3 Å². The molecule has 0 aliphatic carbocycles. The minimum Gasteiger partial charge on any atom is -0.369 e. The van der Waals surface area contributed by atoms with Crippen molar-refractivity contribution in [3.8, 4) is 11.1 Å². The Balaban J connectivity index is 1.37. The number of aromatic nitrogens is 2. The van der Waals surface area contributed by atoms with Crippen LogP contribution in [-0.2, 0) is 9.59 Å². The van der Waals surface area contributed by atoms with Crippen molar-refractivity contribution in [2.45, 2.75) is 13.3 Å². The number of amides is 3. The van der Waals surface area contributed by atoms with Crippen LogP contribution in [0.4, 0.5) is 10.6 Å². The number of anilines is 1. The van der Waals surface area contributed by atoms with Crippen LogP contribution in [0.25, 0.3) is 21.3 Å². The first-order valence-electron chi connectivity index (χ1n) is 9.82. The van der Waals surface area contributed by atoms with E-state index in [4.69, 9.17) is 0 Å². The second-order valence-electron chi connectivity index (χ2n) is 6.93. The molecule has 31 heavy (non-hydrogen) atoms. The molecule has 1 aromatic carbocycles. The lowest BCUT2D eigenvalue weighted by Gasteiger charge is -2.13. The van der Waals surface area contributed by atoms with Gasteiger partial charge in [0.15, 0.2) is 0 Å². The Kier molecular flexibility index (Phi) is 6.47. The van der Waals surface area contributed by atoms with Gasteiger partial charge in [-0.05, 0) is 12.5 Å². The Bertz CT molecular complexity index is 1120. The Morgan fingerprint density at radius 3 is 2.71 bits per heavy atom. The summed E-state index contributed by atoms with van der Waals surface area (Å²) in [5.74, 6) is 0.511. The maximum atomic E-state index is 12.2. The van der Waals surface area contributed by atoms with Gasteiger partial charge in [-0.2, -0.15) is 0 Å². The number of nitrogens with zero attached hydrogens (tertiary/aromatic N) is 3. The second-order valence-corrected chi connectivity index (χ2v) is 9.06. The maximum absolute atomic E-state index is 12.2. The summed E-state index contributed by atoms with van der Waals surface area (Å²) in [5.41, 5.74) is 2.21. The Hall–Kier alpha value is -2.98. The van der Waals surface area contributed by atoms with Gasteiger partial charge in [-0.15, -0.1) is 11.3 Å². The van der Waals surface area contributed by atoms with Crippen molar-refractivity contribution in [2.75, 3.05) is 30.7 Å². The third kappa shape index (κ3) is 4.70. The molecule has 0 atom stereocenters. The first-order valence-corrected chi connectivity index (χ1v) is 11.6. The van der Waals surface area contributed by atoms with Gasteiger partial charge in [0.05, 0.1) is 11.1 Å². The van der Waals surface area contributed by atoms with Gasteiger partial charge in [0, 0.05) is 36.5 Å². The number of carbonyl (C=O) groups excluding carboxylic acids is 3. The Morgan fingerprint density at radius 2 is 1.97 bits per heavy atom. The molecular formula is C21H21N5O3S2. The van der Waals surface area contributed by atoms with E-state index < -0.39 is 0 Å². The fourth-order valence-electron chi connectivity index (χ4n) is 3.42. The van der Waals surface area contributed by atoms with Crippen molar-refractivity contribution in [2.24, 2.45) is 0 Å². The zero-order chi connectivity index (χ0) is 21.8. The maximum Gasteiger partial charge on any atom is 0.288 e. The smallest absolute Gasteiger partial charge is 0.288 e. The number of carbonyl (C=O) groups is 3. The first kappa shape index (κ1) is 21.3. The van der Waals surface area contributed by atoms with Gasteiger partial charge in [-0.3, -0.25) is 19.3 Å². The van der Waals surface area contributed by atoms with Crippen LogP contribution in [0.2, 0.25) is 0 Å². The fraction of sp³-hybridized carbons (Fsp3) is 0.286. The van der Waals surface area contributed by atoms with Gasteiger partial charge >= 0.3 is 0 Å². The standard InChI is InChI=1S/C21H21N5O3S2/c1-13-17(14-5-3-2-4-6-14)18-19(24-12-25-20(18)31-13)23-8-7-15(27)22-9-10-26-16(28)11-30-21(26)29/h2-6,12H,7-11H2,1H3,(H,22,27)(H,23,24,25). The molecule has 0 unspecified atom stereocenters. The first-order chi connectivity index (χ1) is 15.0. The lowest BCUT2D eigenvalue weighted by Crippen LogP contribution is -2.37. The Morgan fingerprint density at radius 1 is 1.16 bits per heavy atom. The fourth-order valence-corrected chi connectivity index (χ4v) is 5.18. The number of imide groups is 1. The average molecular weight is 456 g/mol. The molecule has 0 saturated carbocycles. The van der Waals surface area contributed by atoms with E-state index in [0.717, 1.165) is 38.0 Å². The third-order valence-corrected chi connectivity index (χ3v) is 6.74. The van der Waals surface area contributed by atoms with Crippen LogP contribution in [-0.4, -0.2) is 57.3 Å². The predicted octanol–water partition coefficient (Wildman–Crippen LogP) is 3.28. The number of hydrogen-bond donors (Lipinski definition) is 2. The molecular weight excluding hydrogens is 434 g/mol. The summed E-state index contributed by atoms with van der Waals surface area (Å²) in [7, 11) is 0. The molecule has 4 rings (SSSR count). The van der Waals surface area contributed by atoms with Crippen LogP contribution in [0.3, 0.4) is 0 Å². The van der Waals surface area contributed by atoms with E-state index in [1.54, 1.807) is 11.3 Å². The largest absolute Gasteiger partial charge is 0.369 e. The van der Waals surface area contributed by atoms with Crippen LogP contribution in [0, 0.1) is 6.92 Å². The van der Waals surface area contributed by atoms with Gasteiger partial charge in [0.25, 0.3) is 5.24 Å². The summed E-state index contributed by atoms with van der Waals surface area (Å²) in [5, 5.41) is 6.71. The molecule has 3 aromatic rings. The SMILES string of the molecule is Cc1sc2ncnc(NCCC(=O)NCCN3C(=O)CSC3=O)c2c1-c1ccccc1. The summed E-state index contributed by atoms with van der Waals surface area (Å²) in [6.07, 6.45) is 1.77. The number of hydrogen-bond acceptors (Lipinski definition) is 8. The van der Waals surface area contributed by atoms with E-state index in [0.29, 0.717) is 12.4 Å². The van der Waals surface area contributed by atoms with Crippen LogP contribution >= 0.6 is 23.1 Å². The summed E-state index contributed by atoms with van der Waals surface area (Å²) in [6.45, 7) is 2.92. The molecule has 1 fully saturated rings. The number of thioether (sulfide) groups is 1. The Labute approximate surface area is 187 Å². The lowest BCUT2D eigenvalue weighted by atomic mass is 10.0. The summed E-state index contributed by atoms with van der Waals surface area (Å²) >= 11 is 2.61. The summed E-state index contributed by atoms with van der Waals surface area (Å²) < 4.78 is 0. The molecule has 2 aromatic heterocycles. The highest BCUT2D eigenvalue weighted by Gasteiger charge is 2.29. The highest BCUT2D eigenvalue weighted by molar-refractivity contribution is 8.14. The third-order valence-electron chi connectivity index (χ3n) is 4.87. The zero-order valence-electron chi connectivity index (χ0n) is 16.9. The van der Waals surface area contributed by atoms with Crippen molar-refractivity contribution >= 4 is 56.2 Å². The van der Waals surface area contributed by atoms with E-state index in [9.17, 15) is 14.4 Å². The molecule has 1 saturated heterocycles. The number of nitrogens with one attached hydrogen (secondary N) is 2. The molecule has 8 nitrogen and oxygen atoms in total.